The number of primary amides is 2. The number of carbonyl (C=O) groups excluding carboxylic acids is 15. The summed E-state index contributed by atoms with van der Waals surface area (Å²) in [7, 11) is 2.47. The van der Waals surface area contributed by atoms with Gasteiger partial charge >= 0.3 is 11.9 Å². The van der Waals surface area contributed by atoms with E-state index in [2.05, 4.69) is 68.1 Å². The summed E-state index contributed by atoms with van der Waals surface area (Å²) < 4.78 is 6.06. The molecule has 21 N–H and O–H groups in total. The maximum absolute atomic E-state index is 15.2. The van der Waals surface area contributed by atoms with E-state index in [0.717, 1.165) is 9.80 Å². The van der Waals surface area contributed by atoms with Gasteiger partial charge in [-0.25, -0.2) is 9.78 Å². The molecule has 0 spiro atoms. The van der Waals surface area contributed by atoms with E-state index in [1.54, 1.807) is 88.5 Å². The number of H-pyrrole nitrogens is 2. The monoisotopic (exact) mass is 1570 g/mol. The molecule has 2 aromatic carbocycles. The Morgan fingerprint density at radius 3 is 1.65 bits per heavy atom. The summed E-state index contributed by atoms with van der Waals surface area (Å²) in [5.41, 5.74) is 18.9. The lowest BCUT2D eigenvalue weighted by atomic mass is 9.99. The van der Waals surface area contributed by atoms with Crippen LogP contribution < -0.4 is 70.4 Å². The molecular weight excluding hydrogens is 1460 g/mol. The number of carboxylic acids is 1. The van der Waals surface area contributed by atoms with E-state index >= 15 is 9.59 Å². The number of ether oxygens (including phenoxy) is 1. The minimum Gasteiger partial charge on any atom is -0.481 e. The fraction of sp³-hybridized carbons (Fsp3) is 0.554. The summed E-state index contributed by atoms with van der Waals surface area (Å²) in [6, 6.07) is -3.72. The molecule has 12 atom stereocenters. The third-order valence-corrected chi connectivity index (χ3v) is 18.5. The summed E-state index contributed by atoms with van der Waals surface area (Å²) in [6.07, 6.45) is -1.25. The predicted octanol–water partition coefficient (Wildman–Crippen LogP) is -3.76. The number of esters is 1. The van der Waals surface area contributed by atoms with Crippen molar-refractivity contribution in [3.8, 4) is 0 Å². The van der Waals surface area contributed by atoms with Crippen molar-refractivity contribution in [1.82, 2.24) is 77.9 Å². The average molecular weight is 1570 g/mol. The van der Waals surface area contributed by atoms with Crippen LogP contribution in [0.2, 0.25) is 0 Å². The zero-order valence-corrected chi connectivity index (χ0v) is 64.2. The first kappa shape index (κ1) is 91.2. The number of para-hydroxylation sites is 1. The van der Waals surface area contributed by atoms with Gasteiger partial charge in [-0.2, -0.15) is 0 Å². The molecule has 0 saturated carbocycles. The highest BCUT2D eigenvalue weighted by atomic mass is 16.5. The summed E-state index contributed by atoms with van der Waals surface area (Å²) in [5.74, 6) is -18.9. The van der Waals surface area contributed by atoms with Crippen LogP contribution in [0, 0.1) is 17.8 Å². The number of aliphatic hydroxyl groups is 2. The number of carboxylic acid groups (broad SMARTS) is 1. The van der Waals surface area contributed by atoms with Gasteiger partial charge in [0.1, 0.15) is 72.6 Å². The highest BCUT2D eigenvalue weighted by Gasteiger charge is 2.41. The number of aliphatic hydroxyl groups excluding tert-OH is 2. The van der Waals surface area contributed by atoms with Crippen molar-refractivity contribution >= 4 is 106 Å². The van der Waals surface area contributed by atoms with E-state index < -0.39 is 225 Å². The normalized spacial score (nSPS) is 23.8. The highest BCUT2D eigenvalue weighted by Crippen LogP contribution is 2.23. The van der Waals surface area contributed by atoms with E-state index in [0.29, 0.717) is 34.9 Å². The summed E-state index contributed by atoms with van der Waals surface area (Å²) in [4.78, 5) is 238. The van der Waals surface area contributed by atoms with Crippen molar-refractivity contribution in [1.29, 1.82) is 0 Å². The molecule has 3 heterocycles. The quantitative estimate of drug-likeness (QED) is 0.0283. The molecule has 0 unspecified atom stereocenters. The van der Waals surface area contributed by atoms with Crippen LogP contribution in [-0.2, 0) is 101 Å². The largest absolute Gasteiger partial charge is 0.481 e. The van der Waals surface area contributed by atoms with E-state index in [1.165, 1.54) is 26.6 Å². The second-order valence-corrected chi connectivity index (χ2v) is 28.8. The topological polar surface area (TPSA) is 592 Å². The lowest BCUT2D eigenvalue weighted by Crippen LogP contribution is -2.61. The van der Waals surface area contributed by atoms with E-state index in [9.17, 15) is 82.4 Å². The third kappa shape index (κ3) is 29.1. The first-order valence-electron chi connectivity index (χ1n) is 37.0. The molecule has 1 aliphatic rings. The number of nitrogens with zero attached hydrogens (tertiary/aromatic N) is 3. The molecule has 614 valence electrons. The average Bonchev–Trinajstić information content (AvgIpc) is 1.32. The highest BCUT2D eigenvalue weighted by molar-refractivity contribution is 6.01. The van der Waals surface area contributed by atoms with Crippen molar-refractivity contribution in [3.05, 3.63) is 90.1 Å². The first-order chi connectivity index (χ1) is 53.0. The molecule has 1 saturated heterocycles. The van der Waals surface area contributed by atoms with Gasteiger partial charge in [-0.15, -0.1) is 0 Å². The van der Waals surface area contributed by atoms with Crippen molar-refractivity contribution in [2.24, 2.45) is 35.0 Å². The first-order valence-corrected chi connectivity index (χ1v) is 37.0. The molecule has 1 aliphatic heterocycles. The van der Waals surface area contributed by atoms with Gasteiger partial charge < -0.3 is 110 Å². The Kier molecular flexibility index (Phi) is 36.7. The number of aromatic nitrogens is 3. The number of nitrogens with one attached hydrogen (secondary N) is 12. The molecule has 0 aliphatic carbocycles. The van der Waals surface area contributed by atoms with Gasteiger partial charge in [0.15, 0.2) is 0 Å². The van der Waals surface area contributed by atoms with Crippen molar-refractivity contribution < 1.29 is 96.8 Å². The minimum absolute atomic E-state index is 0.0385. The number of rotatable bonds is 25. The van der Waals surface area contributed by atoms with Gasteiger partial charge in [-0.05, 0) is 80.0 Å². The van der Waals surface area contributed by atoms with Gasteiger partial charge in [-0.1, -0.05) is 96.5 Å². The maximum atomic E-state index is 15.2. The molecule has 4 aromatic rings. The Hall–Kier alpha value is -11.4. The minimum atomic E-state index is -1.98. The number of aromatic amines is 2. The zero-order valence-electron chi connectivity index (χ0n) is 64.2. The maximum Gasteiger partial charge on any atom is 0.329 e. The van der Waals surface area contributed by atoms with Gasteiger partial charge in [0.2, 0.25) is 82.7 Å². The van der Waals surface area contributed by atoms with Crippen LogP contribution in [0.4, 0.5) is 0 Å². The van der Waals surface area contributed by atoms with Gasteiger partial charge in [0.05, 0.1) is 45.3 Å². The Morgan fingerprint density at radius 2 is 1.09 bits per heavy atom. The fourth-order valence-corrected chi connectivity index (χ4v) is 12.5. The number of fused-ring (bicyclic) bond motifs is 1. The molecule has 38 heteroatoms. The number of benzene rings is 2. The lowest BCUT2D eigenvalue weighted by Gasteiger charge is -2.34. The van der Waals surface area contributed by atoms with Gasteiger partial charge in [0.25, 0.3) is 0 Å². The number of likely N-dealkylation sites (N-methyl/N-ethyl adjacent to an activating group) is 2. The van der Waals surface area contributed by atoms with E-state index in [1.807, 2.05) is 13.8 Å². The molecule has 0 radical (unpaired) electrons. The van der Waals surface area contributed by atoms with Crippen LogP contribution in [0.15, 0.2) is 73.3 Å². The SMILES string of the molecule is CC(C)CCC[C@@H]1CC(=O)N[C@@H](CO)C(=O)N[C@H](CC(N)=O)C(=O)N[C@@H](CO)C(=O)NCC(=O)N(C)[C@H](Cc2ccccc2)C(=O)N[C@@H](CC(C)C)C(=O)N[C@H](CCCN)C(=O)N[C@@H](CCC(=O)O)C(=O)N[C@H](CC(N)=O)C(=O)N[C@H](Cc2c[nH]c3ccccc23)C(=O)N[C@H](Cc2cnc[nH]2)C(=O)N(C)[C@@H](C(C)C)C(=O)O1. The Balaban J connectivity index is 1.64. The van der Waals surface area contributed by atoms with Crippen LogP contribution >= 0.6 is 0 Å². The molecule has 1 fully saturated rings. The van der Waals surface area contributed by atoms with Crippen molar-refractivity contribution in [2.75, 3.05) is 40.4 Å². The molecular formula is C74H108N18O20. The Morgan fingerprint density at radius 1 is 0.562 bits per heavy atom. The lowest BCUT2D eigenvalue weighted by molar-refractivity contribution is -0.162. The van der Waals surface area contributed by atoms with E-state index in [-0.39, 0.29) is 69.0 Å². The second-order valence-electron chi connectivity index (χ2n) is 28.8. The van der Waals surface area contributed by atoms with Crippen LogP contribution in [0.5, 0.6) is 0 Å². The fourth-order valence-electron chi connectivity index (χ4n) is 12.5. The van der Waals surface area contributed by atoms with Gasteiger partial charge in [-0.3, -0.25) is 71.9 Å². The molecule has 112 heavy (non-hydrogen) atoms. The number of cyclic esters (lactones) is 1. The van der Waals surface area contributed by atoms with Crippen molar-refractivity contribution in [2.45, 2.75) is 204 Å². The number of amides is 14. The Labute approximate surface area is 647 Å². The summed E-state index contributed by atoms with van der Waals surface area (Å²) in [6.45, 7) is 7.23. The molecule has 14 amide bonds. The van der Waals surface area contributed by atoms with Crippen LogP contribution in [0.3, 0.4) is 0 Å². The number of nitrogens with two attached hydrogens (primary N) is 3. The number of imidazole rings is 1. The van der Waals surface area contributed by atoms with Crippen LogP contribution in [0.25, 0.3) is 10.9 Å². The number of hydrogen-bond acceptors (Lipinski definition) is 21. The van der Waals surface area contributed by atoms with Gasteiger partial charge in [0, 0.05) is 68.8 Å². The standard InChI is InChI=1S/C74H108N18O20/c1-39(2)16-14-19-45-30-60(97)82-56(37-94)71(108)87-53(32-59(77)96)70(107)90-55(36-93)64(101)80-35-61(98)91(7)57(27-42-17-10-9-11-18-42)72(109)88-50(26-40(3)4)67(104)83-48(22-15-25-75)65(102)84-49(23-24-62(99)100)66(103)86-52(31-58(76)95)69(106)85-51(28-43-33-79-47-21-13-12-20-46(43)47)68(105)89-54(29-44-34-78-38-81-44)73(110)92(8)63(41(5)6)74(111)112-45/h9-13,17-18,20-21,33-34,38-41,45,48-57,63,79,93-94H,14-16,19,22-32,35-37,75H2,1-8H3,(H2,76,95)(H2,77,96)(H,78,81)(H,80,101)(H,82,97)(H,83,104)(H,84,102)(H,85,106)(H,86,103)(H,87,108)(H,88,109)(H,89,105)(H,90,107)(H,99,100)/t45-,48-,49+,50+,51-,52-,53-,54-,55+,56+,57-,63+/m1/s1. The van der Waals surface area contributed by atoms with E-state index in [4.69, 9.17) is 21.9 Å². The van der Waals surface area contributed by atoms with Crippen LogP contribution in [0.1, 0.15) is 129 Å². The zero-order chi connectivity index (χ0) is 83.1. The number of carbonyl (C=O) groups is 16. The summed E-state index contributed by atoms with van der Waals surface area (Å²) >= 11 is 0. The Bertz CT molecular complexity index is 3910. The smallest absolute Gasteiger partial charge is 0.329 e. The third-order valence-electron chi connectivity index (χ3n) is 18.5. The molecule has 38 nitrogen and oxygen atoms in total. The van der Waals surface area contributed by atoms with Crippen LogP contribution in [-0.4, -0.2) is 248 Å². The number of aliphatic carboxylic acids is 1. The second kappa shape index (κ2) is 45.0. The summed E-state index contributed by atoms with van der Waals surface area (Å²) in [5, 5.41) is 55.8. The molecule has 5 rings (SSSR count). The molecule has 2 aromatic heterocycles. The molecule has 0 bridgehead atoms. The predicted molar refractivity (Wildman–Crippen MR) is 402 cm³/mol. The number of hydrogen-bond donors (Lipinski definition) is 18. The van der Waals surface area contributed by atoms with Crippen molar-refractivity contribution in [3.63, 3.8) is 0 Å².